The van der Waals surface area contributed by atoms with E-state index >= 15 is 0 Å². The number of anilines is 1. The summed E-state index contributed by atoms with van der Waals surface area (Å²) in [5.41, 5.74) is 10.9. The predicted molar refractivity (Wildman–Crippen MR) is 166 cm³/mol. The van der Waals surface area contributed by atoms with E-state index in [4.69, 9.17) is 10.2 Å². The summed E-state index contributed by atoms with van der Waals surface area (Å²) in [6.07, 6.45) is 6.64. The summed E-state index contributed by atoms with van der Waals surface area (Å²) in [6, 6.07) is 22.3. The van der Waals surface area contributed by atoms with E-state index in [9.17, 15) is 18.4 Å². The van der Waals surface area contributed by atoms with Crippen LogP contribution >= 0.6 is 0 Å². The number of nitrogens with two attached hydrogens (primary N) is 1. The van der Waals surface area contributed by atoms with Gasteiger partial charge in [-0.05, 0) is 83.4 Å². The number of fused-ring (bicyclic) bond motifs is 1. The van der Waals surface area contributed by atoms with Crippen LogP contribution in [0.4, 0.5) is 14.6 Å². The van der Waals surface area contributed by atoms with E-state index < -0.39 is 5.92 Å². The van der Waals surface area contributed by atoms with Gasteiger partial charge in [0.25, 0.3) is 11.8 Å². The van der Waals surface area contributed by atoms with E-state index in [1.54, 1.807) is 42.7 Å². The van der Waals surface area contributed by atoms with Crippen molar-refractivity contribution in [1.29, 1.82) is 0 Å². The van der Waals surface area contributed by atoms with E-state index in [1.807, 2.05) is 48.5 Å². The largest absolute Gasteiger partial charge is 0.460 e. The zero-order chi connectivity index (χ0) is 30.7. The van der Waals surface area contributed by atoms with Crippen molar-refractivity contribution >= 4 is 34.6 Å². The number of rotatable bonds is 8. The second-order valence-corrected chi connectivity index (χ2v) is 10.9. The number of hydrogen-bond acceptors (Lipinski definition) is 6. The number of amides is 1. The number of halogens is 2. The Bertz CT molecular complexity index is 1820. The van der Waals surface area contributed by atoms with Gasteiger partial charge in [0.15, 0.2) is 5.78 Å². The standard InChI is InChI=1S/C35H30F2N4O3/c36-35(37)14-17-41(18-15-35)34(43)25-8-6-24(7-9-25)26-19-27-20-29(44-33(27)30(21-26)31-3-1-2-16-39-31)12-11-28(42)10-4-23-5-13-32(38)40-22-23/h1-10,13,16,19-22H,11-12,14-15,17-18H2,(H2,38,40)/b10-4+. The number of nitrogen functional groups attached to an aromatic ring is 1. The predicted octanol–water partition coefficient (Wildman–Crippen LogP) is 7.23. The number of aryl methyl sites for hydroxylation is 1. The molecule has 4 heterocycles. The molecule has 7 nitrogen and oxygen atoms in total. The molecule has 3 aromatic heterocycles. The molecule has 222 valence electrons. The Morgan fingerprint density at radius 2 is 1.75 bits per heavy atom. The third-order valence-corrected chi connectivity index (χ3v) is 7.74. The molecule has 0 spiro atoms. The molecule has 0 radical (unpaired) electrons. The summed E-state index contributed by atoms with van der Waals surface area (Å²) >= 11 is 0. The lowest BCUT2D eigenvalue weighted by Gasteiger charge is -2.31. The minimum Gasteiger partial charge on any atom is -0.460 e. The number of furan rings is 1. The Hall–Kier alpha value is -5.18. The maximum absolute atomic E-state index is 13.6. The minimum atomic E-state index is -2.71. The topological polar surface area (TPSA) is 102 Å². The minimum absolute atomic E-state index is 0.0409. The van der Waals surface area contributed by atoms with Gasteiger partial charge in [-0.2, -0.15) is 0 Å². The Morgan fingerprint density at radius 3 is 2.45 bits per heavy atom. The van der Waals surface area contributed by atoms with E-state index in [1.165, 1.54) is 11.0 Å². The van der Waals surface area contributed by atoms with E-state index in [2.05, 4.69) is 9.97 Å². The van der Waals surface area contributed by atoms with Crippen LogP contribution in [0.25, 0.3) is 39.4 Å². The second kappa shape index (κ2) is 12.2. The first-order chi connectivity index (χ1) is 21.2. The summed E-state index contributed by atoms with van der Waals surface area (Å²) in [5.74, 6) is -1.90. The van der Waals surface area contributed by atoms with Crippen LogP contribution in [0, 0.1) is 0 Å². The number of likely N-dealkylation sites (tertiary alicyclic amines) is 1. The molecular formula is C35H30F2N4O3. The molecule has 1 fully saturated rings. The number of nitrogens with zero attached hydrogens (tertiary/aromatic N) is 3. The third kappa shape index (κ3) is 6.57. The lowest BCUT2D eigenvalue weighted by Crippen LogP contribution is -2.42. The van der Waals surface area contributed by atoms with Gasteiger partial charge in [-0.25, -0.2) is 13.8 Å². The van der Waals surface area contributed by atoms with Crippen LogP contribution in [-0.4, -0.2) is 45.6 Å². The number of allylic oxidation sites excluding steroid dienone is 1. The number of piperidine rings is 1. The molecule has 0 saturated carbocycles. The lowest BCUT2D eigenvalue weighted by molar-refractivity contribution is -0.114. The first-order valence-electron chi connectivity index (χ1n) is 14.4. The number of benzene rings is 2. The summed E-state index contributed by atoms with van der Waals surface area (Å²) in [6.45, 7) is 0.0882. The van der Waals surface area contributed by atoms with Gasteiger partial charge in [-0.3, -0.25) is 14.6 Å². The van der Waals surface area contributed by atoms with Crippen molar-refractivity contribution in [3.8, 4) is 22.4 Å². The fourth-order valence-corrected chi connectivity index (χ4v) is 5.27. The molecule has 0 bridgehead atoms. The van der Waals surface area contributed by atoms with Crippen molar-refractivity contribution in [2.75, 3.05) is 18.8 Å². The molecular weight excluding hydrogens is 562 g/mol. The quantitative estimate of drug-likeness (QED) is 0.191. The van der Waals surface area contributed by atoms with Gasteiger partial charge in [0.2, 0.25) is 0 Å². The van der Waals surface area contributed by atoms with Gasteiger partial charge >= 0.3 is 0 Å². The molecule has 9 heteroatoms. The van der Waals surface area contributed by atoms with Gasteiger partial charge in [0.1, 0.15) is 17.2 Å². The van der Waals surface area contributed by atoms with Gasteiger partial charge in [0, 0.05) is 67.7 Å². The lowest BCUT2D eigenvalue weighted by atomic mass is 9.97. The van der Waals surface area contributed by atoms with Crippen molar-refractivity contribution in [2.24, 2.45) is 0 Å². The molecule has 2 N–H and O–H groups in total. The smallest absolute Gasteiger partial charge is 0.253 e. The van der Waals surface area contributed by atoms with Crippen molar-refractivity contribution in [3.63, 3.8) is 0 Å². The van der Waals surface area contributed by atoms with Gasteiger partial charge in [0.05, 0.1) is 5.69 Å². The van der Waals surface area contributed by atoms with Crippen LogP contribution in [0.15, 0.2) is 95.7 Å². The van der Waals surface area contributed by atoms with Crippen molar-refractivity contribution in [3.05, 3.63) is 108 Å². The summed E-state index contributed by atoms with van der Waals surface area (Å²) in [7, 11) is 0. The maximum Gasteiger partial charge on any atom is 0.253 e. The van der Waals surface area contributed by atoms with Crippen LogP contribution < -0.4 is 5.73 Å². The zero-order valence-corrected chi connectivity index (χ0v) is 23.9. The zero-order valence-electron chi connectivity index (χ0n) is 23.9. The Morgan fingerprint density at radius 1 is 0.955 bits per heavy atom. The SMILES string of the molecule is Nc1ccc(/C=C/C(=O)CCc2cc3cc(-c4ccc(C(=O)N5CCC(F)(F)CC5)cc4)cc(-c4ccccn4)c3o2)cn1. The highest BCUT2D eigenvalue weighted by atomic mass is 19.3. The number of ketones is 1. The second-order valence-electron chi connectivity index (χ2n) is 10.9. The monoisotopic (exact) mass is 592 g/mol. The molecule has 0 aliphatic carbocycles. The van der Waals surface area contributed by atoms with Gasteiger partial charge < -0.3 is 15.1 Å². The number of aromatic nitrogens is 2. The van der Waals surface area contributed by atoms with Crippen LogP contribution in [0.1, 0.15) is 40.9 Å². The number of pyridine rings is 2. The number of carbonyl (C=O) groups excluding carboxylic acids is 2. The van der Waals surface area contributed by atoms with E-state index in [0.717, 1.165) is 33.3 Å². The highest BCUT2D eigenvalue weighted by Gasteiger charge is 2.35. The first-order valence-corrected chi connectivity index (χ1v) is 14.4. The molecule has 0 unspecified atom stereocenters. The summed E-state index contributed by atoms with van der Waals surface area (Å²) in [5, 5.41) is 0.864. The fraction of sp³-hybridized carbons (Fsp3) is 0.200. The number of carbonyl (C=O) groups is 2. The Balaban J connectivity index is 1.23. The average molecular weight is 593 g/mol. The molecule has 6 rings (SSSR count). The van der Waals surface area contributed by atoms with Crippen LogP contribution in [-0.2, 0) is 11.2 Å². The van der Waals surface area contributed by atoms with Gasteiger partial charge in [-0.15, -0.1) is 0 Å². The number of alkyl halides is 2. The fourth-order valence-electron chi connectivity index (χ4n) is 5.27. The molecule has 1 amide bonds. The van der Waals surface area contributed by atoms with Crippen LogP contribution in [0.5, 0.6) is 0 Å². The van der Waals surface area contributed by atoms with E-state index in [0.29, 0.717) is 29.1 Å². The normalized spacial score (nSPS) is 14.7. The molecule has 2 aromatic carbocycles. The van der Waals surface area contributed by atoms with Crippen molar-refractivity contribution < 1.29 is 22.8 Å². The average Bonchev–Trinajstić information content (AvgIpc) is 3.46. The Kier molecular flexibility index (Phi) is 8.02. The first kappa shape index (κ1) is 28.9. The molecule has 1 saturated heterocycles. The maximum atomic E-state index is 13.6. The van der Waals surface area contributed by atoms with E-state index in [-0.39, 0.29) is 44.0 Å². The molecule has 5 aromatic rings. The Labute approximate surface area is 253 Å². The molecule has 1 aliphatic heterocycles. The molecule has 1 aliphatic rings. The molecule has 0 atom stereocenters. The summed E-state index contributed by atoms with van der Waals surface area (Å²) in [4.78, 5) is 35.5. The van der Waals surface area contributed by atoms with Crippen molar-refractivity contribution in [1.82, 2.24) is 14.9 Å². The van der Waals surface area contributed by atoms with Crippen LogP contribution in [0.2, 0.25) is 0 Å². The molecule has 44 heavy (non-hydrogen) atoms. The highest BCUT2D eigenvalue weighted by Crippen LogP contribution is 2.36. The van der Waals surface area contributed by atoms with Crippen molar-refractivity contribution in [2.45, 2.75) is 31.6 Å². The number of hydrogen-bond donors (Lipinski definition) is 1. The summed E-state index contributed by atoms with van der Waals surface area (Å²) < 4.78 is 33.4. The van der Waals surface area contributed by atoms with Gasteiger partial charge in [-0.1, -0.05) is 18.2 Å². The van der Waals surface area contributed by atoms with Crippen LogP contribution in [0.3, 0.4) is 0 Å². The third-order valence-electron chi connectivity index (χ3n) is 7.74. The highest BCUT2D eigenvalue weighted by molar-refractivity contribution is 5.98.